The average Bonchev–Trinajstić information content (AvgIpc) is 2.85. The summed E-state index contributed by atoms with van der Waals surface area (Å²) in [6.45, 7) is 4.12. The summed E-state index contributed by atoms with van der Waals surface area (Å²) in [4.78, 5) is 14.1. The Kier molecular flexibility index (Phi) is 3.54. The highest BCUT2D eigenvalue weighted by molar-refractivity contribution is 6.06. The van der Waals surface area contributed by atoms with Gasteiger partial charge in [0.25, 0.3) is 5.91 Å². The quantitative estimate of drug-likeness (QED) is 0.851. The van der Waals surface area contributed by atoms with E-state index in [1.54, 1.807) is 17.8 Å². The molecule has 0 bridgehead atoms. The number of aromatic nitrogens is 2. The van der Waals surface area contributed by atoms with E-state index in [0.29, 0.717) is 17.9 Å². The van der Waals surface area contributed by atoms with Crippen molar-refractivity contribution < 1.29 is 22.7 Å². The molecule has 1 amide bonds. The molecule has 0 saturated carbocycles. The summed E-state index contributed by atoms with van der Waals surface area (Å²) in [6, 6.07) is 5.24. The van der Waals surface area contributed by atoms with Crippen molar-refractivity contribution in [1.82, 2.24) is 9.78 Å². The molecule has 8 heteroatoms. The molecule has 122 valence electrons. The number of anilines is 1. The molecule has 2 aromatic rings. The predicted molar refractivity (Wildman–Crippen MR) is 76.5 cm³/mol. The van der Waals surface area contributed by atoms with Gasteiger partial charge in [-0.25, -0.2) is 0 Å². The zero-order valence-electron chi connectivity index (χ0n) is 12.5. The van der Waals surface area contributed by atoms with Gasteiger partial charge < -0.3 is 9.64 Å². The number of rotatable bonds is 2. The summed E-state index contributed by atoms with van der Waals surface area (Å²) in [5, 5.41) is 4.19. The third kappa shape index (κ3) is 2.88. The number of amides is 1. The smallest absolute Gasteiger partial charge is 0.406 e. The maximum atomic E-state index is 12.6. The van der Waals surface area contributed by atoms with E-state index >= 15 is 0 Å². The Morgan fingerprint density at radius 2 is 1.91 bits per heavy atom. The van der Waals surface area contributed by atoms with E-state index in [4.69, 9.17) is 0 Å². The van der Waals surface area contributed by atoms with E-state index < -0.39 is 6.36 Å². The van der Waals surface area contributed by atoms with Crippen molar-refractivity contribution in [3.8, 4) is 5.75 Å². The van der Waals surface area contributed by atoms with Crippen LogP contribution in [0.2, 0.25) is 0 Å². The molecule has 1 aromatic heterocycles. The highest BCUT2D eigenvalue weighted by atomic mass is 19.4. The van der Waals surface area contributed by atoms with Crippen LogP contribution in [-0.2, 0) is 0 Å². The minimum absolute atomic E-state index is 0.0255. The van der Waals surface area contributed by atoms with Crippen molar-refractivity contribution in [3.63, 3.8) is 0 Å². The third-order valence-corrected chi connectivity index (χ3v) is 3.67. The second-order valence-electron chi connectivity index (χ2n) is 5.43. The van der Waals surface area contributed by atoms with Crippen LogP contribution < -0.4 is 9.64 Å². The Hall–Kier alpha value is -2.51. The van der Waals surface area contributed by atoms with Crippen molar-refractivity contribution in [2.24, 2.45) is 0 Å². The molecule has 1 unspecified atom stereocenters. The first-order valence-corrected chi connectivity index (χ1v) is 6.98. The number of ether oxygens (including phenoxy) is 1. The number of hydrogen-bond donors (Lipinski definition) is 0. The zero-order chi connectivity index (χ0) is 16.8. The number of hydrogen-bond acceptors (Lipinski definition) is 3. The fourth-order valence-electron chi connectivity index (χ4n) is 2.65. The first-order valence-electron chi connectivity index (χ1n) is 6.98. The van der Waals surface area contributed by atoms with E-state index in [0.717, 1.165) is 5.56 Å². The van der Waals surface area contributed by atoms with E-state index in [9.17, 15) is 18.0 Å². The molecule has 1 atom stereocenters. The fourth-order valence-corrected chi connectivity index (χ4v) is 2.65. The lowest BCUT2D eigenvalue weighted by Gasteiger charge is -2.32. The fraction of sp³-hybridized carbons (Fsp3) is 0.333. The lowest BCUT2D eigenvalue weighted by Crippen LogP contribution is -2.42. The minimum atomic E-state index is -4.74. The van der Waals surface area contributed by atoms with Crippen molar-refractivity contribution >= 4 is 11.6 Å². The van der Waals surface area contributed by atoms with Gasteiger partial charge >= 0.3 is 6.36 Å². The first kappa shape index (κ1) is 15.4. The number of halogens is 3. The summed E-state index contributed by atoms with van der Waals surface area (Å²) in [6.07, 6.45) is -3.10. The van der Waals surface area contributed by atoms with Crippen LogP contribution in [0, 0.1) is 6.92 Å². The van der Waals surface area contributed by atoms with Gasteiger partial charge in [0.05, 0.1) is 12.2 Å². The molecule has 0 N–H and O–H groups in total. The summed E-state index contributed by atoms with van der Waals surface area (Å²) in [5.41, 5.74) is 1.78. The molecule has 2 heterocycles. The Labute approximate surface area is 130 Å². The van der Waals surface area contributed by atoms with Crippen molar-refractivity contribution in [1.29, 1.82) is 0 Å². The Bertz CT molecular complexity index is 737. The van der Waals surface area contributed by atoms with Crippen LogP contribution >= 0.6 is 0 Å². The standard InChI is InChI=1S/C15H14F3N3O2/c1-9-7-19-21-10(2)8-20(14(22)13(9)21)11-3-5-12(6-4-11)23-15(16,17)18/h3-7,10H,8H2,1-2H3. The molecule has 0 radical (unpaired) electrons. The maximum Gasteiger partial charge on any atom is 0.573 e. The summed E-state index contributed by atoms with van der Waals surface area (Å²) >= 11 is 0. The van der Waals surface area contributed by atoms with Gasteiger partial charge in [0.1, 0.15) is 11.4 Å². The van der Waals surface area contributed by atoms with Crippen molar-refractivity contribution in [2.45, 2.75) is 26.3 Å². The summed E-state index contributed by atoms with van der Waals surface area (Å²) < 4.78 is 42.1. The number of carbonyl (C=O) groups is 1. The van der Waals surface area contributed by atoms with Gasteiger partial charge in [-0.1, -0.05) is 0 Å². The lowest BCUT2D eigenvalue weighted by molar-refractivity contribution is -0.274. The monoisotopic (exact) mass is 325 g/mol. The first-order chi connectivity index (χ1) is 10.8. The van der Waals surface area contributed by atoms with Gasteiger partial charge in [-0.3, -0.25) is 9.48 Å². The van der Waals surface area contributed by atoms with Crippen LogP contribution in [0.4, 0.5) is 18.9 Å². The van der Waals surface area contributed by atoms with Gasteiger partial charge in [0.2, 0.25) is 0 Å². The number of nitrogens with zero attached hydrogens (tertiary/aromatic N) is 3. The van der Waals surface area contributed by atoms with Crippen LogP contribution in [0.5, 0.6) is 5.75 Å². The summed E-state index contributed by atoms with van der Waals surface area (Å²) in [7, 11) is 0. The van der Waals surface area contributed by atoms with E-state index in [1.807, 2.05) is 6.92 Å². The predicted octanol–water partition coefficient (Wildman–Crippen LogP) is 3.31. The van der Waals surface area contributed by atoms with Gasteiger partial charge in [-0.05, 0) is 38.1 Å². The highest BCUT2D eigenvalue weighted by Crippen LogP contribution is 2.30. The summed E-state index contributed by atoms with van der Waals surface area (Å²) in [5.74, 6) is -0.539. The van der Waals surface area contributed by atoms with E-state index in [1.165, 1.54) is 29.2 Å². The Morgan fingerprint density at radius 3 is 2.52 bits per heavy atom. The minimum Gasteiger partial charge on any atom is -0.406 e. The average molecular weight is 325 g/mol. The zero-order valence-corrected chi connectivity index (χ0v) is 12.5. The number of benzene rings is 1. The molecular formula is C15H14F3N3O2. The molecule has 1 aliphatic heterocycles. The molecular weight excluding hydrogens is 311 g/mol. The van der Waals surface area contributed by atoms with Crippen LogP contribution in [0.25, 0.3) is 0 Å². The second-order valence-corrected chi connectivity index (χ2v) is 5.43. The molecule has 0 aliphatic carbocycles. The molecule has 1 aromatic carbocycles. The number of aryl methyl sites for hydroxylation is 1. The van der Waals surface area contributed by atoms with Crippen LogP contribution in [0.3, 0.4) is 0 Å². The molecule has 0 spiro atoms. The number of fused-ring (bicyclic) bond motifs is 1. The second kappa shape index (κ2) is 5.29. The third-order valence-electron chi connectivity index (χ3n) is 3.67. The van der Waals surface area contributed by atoms with Gasteiger partial charge in [-0.15, -0.1) is 13.2 Å². The lowest BCUT2D eigenvalue weighted by atomic mass is 10.1. The Balaban J connectivity index is 1.88. The number of carbonyl (C=O) groups excluding carboxylic acids is 1. The van der Waals surface area contributed by atoms with E-state index in [2.05, 4.69) is 9.84 Å². The molecule has 0 saturated heterocycles. The van der Waals surface area contributed by atoms with Crippen LogP contribution in [-0.4, -0.2) is 28.6 Å². The maximum absolute atomic E-state index is 12.6. The largest absolute Gasteiger partial charge is 0.573 e. The van der Waals surface area contributed by atoms with Crippen LogP contribution in [0.15, 0.2) is 30.5 Å². The number of alkyl halides is 3. The van der Waals surface area contributed by atoms with Gasteiger partial charge in [0.15, 0.2) is 0 Å². The molecule has 5 nitrogen and oxygen atoms in total. The van der Waals surface area contributed by atoms with Gasteiger partial charge in [-0.2, -0.15) is 5.10 Å². The normalized spacial score (nSPS) is 18.0. The molecule has 0 fully saturated rings. The molecule has 3 rings (SSSR count). The molecule has 1 aliphatic rings. The van der Waals surface area contributed by atoms with Crippen molar-refractivity contribution in [2.75, 3.05) is 11.4 Å². The van der Waals surface area contributed by atoms with Gasteiger partial charge in [0, 0.05) is 17.8 Å². The highest BCUT2D eigenvalue weighted by Gasteiger charge is 2.33. The van der Waals surface area contributed by atoms with E-state index in [-0.39, 0.29) is 17.7 Å². The SMILES string of the molecule is Cc1cnn2c1C(=O)N(c1ccc(OC(F)(F)F)cc1)CC2C. The van der Waals surface area contributed by atoms with Crippen LogP contribution in [0.1, 0.15) is 29.0 Å². The van der Waals surface area contributed by atoms with Crippen molar-refractivity contribution in [3.05, 3.63) is 41.7 Å². The Morgan fingerprint density at radius 1 is 1.26 bits per heavy atom. The molecule has 23 heavy (non-hydrogen) atoms. The topological polar surface area (TPSA) is 47.4 Å².